The number of hydrogen-bond acceptors (Lipinski definition) is 4. The summed E-state index contributed by atoms with van der Waals surface area (Å²) in [5, 5.41) is 7.01. The lowest BCUT2D eigenvalue weighted by atomic mass is 10.1. The molecule has 2 N–H and O–H groups in total. The van der Waals surface area contributed by atoms with Crippen LogP contribution in [0.5, 0.6) is 0 Å². The van der Waals surface area contributed by atoms with E-state index >= 15 is 0 Å². The van der Waals surface area contributed by atoms with Gasteiger partial charge in [-0.1, -0.05) is 18.2 Å². The summed E-state index contributed by atoms with van der Waals surface area (Å²) in [6, 6.07) is 14.6. The molecule has 5 heteroatoms. The topological polar surface area (TPSA) is 56.7 Å². The molecule has 0 radical (unpaired) electrons. The number of amides is 1. The van der Waals surface area contributed by atoms with Gasteiger partial charge in [0.05, 0.1) is 5.69 Å². The summed E-state index contributed by atoms with van der Waals surface area (Å²) in [5.41, 5.74) is 6.45. The number of fused-ring (bicyclic) bond motifs is 1. The third-order valence-corrected chi connectivity index (χ3v) is 5.12. The number of nitrogens with zero attached hydrogens (tertiary/aromatic N) is 2. The molecule has 0 unspecified atom stereocenters. The smallest absolute Gasteiger partial charge is 0.222 e. The van der Waals surface area contributed by atoms with E-state index in [2.05, 4.69) is 65.0 Å². The molecular formula is C23H26N4O. The molecule has 0 saturated carbocycles. The second-order valence-electron chi connectivity index (χ2n) is 7.30. The Morgan fingerprint density at radius 1 is 1.14 bits per heavy atom. The Morgan fingerprint density at radius 3 is 2.89 bits per heavy atom. The number of carbonyl (C=O) groups excluding carboxylic acids is 1. The van der Waals surface area contributed by atoms with Crippen LogP contribution < -0.4 is 10.6 Å². The van der Waals surface area contributed by atoms with Crippen molar-refractivity contribution in [2.24, 2.45) is 4.99 Å². The quantitative estimate of drug-likeness (QED) is 0.778. The molecule has 144 valence electrons. The summed E-state index contributed by atoms with van der Waals surface area (Å²) in [6.07, 6.45) is 6.58. The van der Waals surface area contributed by atoms with Crippen LogP contribution in [-0.2, 0) is 4.79 Å². The normalized spacial score (nSPS) is 15.8. The van der Waals surface area contributed by atoms with Crippen LogP contribution in [0.25, 0.3) is 5.70 Å². The van der Waals surface area contributed by atoms with E-state index in [1.54, 1.807) is 0 Å². The van der Waals surface area contributed by atoms with E-state index in [0.29, 0.717) is 6.42 Å². The van der Waals surface area contributed by atoms with Crippen molar-refractivity contribution in [1.82, 2.24) is 4.90 Å². The third kappa shape index (κ3) is 4.25. The summed E-state index contributed by atoms with van der Waals surface area (Å²) in [4.78, 5) is 18.3. The first-order chi connectivity index (χ1) is 13.7. The van der Waals surface area contributed by atoms with Gasteiger partial charge in [-0.25, -0.2) is 0 Å². The molecule has 0 aromatic heterocycles. The zero-order valence-corrected chi connectivity index (χ0v) is 16.2. The minimum Gasteiger partial charge on any atom is -0.383 e. The summed E-state index contributed by atoms with van der Waals surface area (Å²) in [5.74, 6) is 0.269. The summed E-state index contributed by atoms with van der Waals surface area (Å²) in [6.45, 7) is 4.47. The average molecular weight is 374 g/mol. The van der Waals surface area contributed by atoms with E-state index in [1.165, 1.54) is 5.56 Å². The molecule has 28 heavy (non-hydrogen) atoms. The van der Waals surface area contributed by atoms with Gasteiger partial charge in [-0.2, -0.15) is 0 Å². The van der Waals surface area contributed by atoms with Gasteiger partial charge in [0.25, 0.3) is 0 Å². The average Bonchev–Trinajstić information content (AvgIpc) is 2.99. The van der Waals surface area contributed by atoms with E-state index in [-0.39, 0.29) is 5.91 Å². The van der Waals surface area contributed by atoms with Crippen LogP contribution in [0.4, 0.5) is 17.1 Å². The molecule has 2 aliphatic heterocycles. The molecule has 0 atom stereocenters. The number of aliphatic imine (C=N–C) groups is 1. The Hall–Kier alpha value is -3.08. The van der Waals surface area contributed by atoms with Crippen LogP contribution >= 0.6 is 0 Å². The number of likely N-dealkylation sites (tertiary alicyclic amines) is 1. The van der Waals surface area contributed by atoms with Crippen molar-refractivity contribution < 1.29 is 4.79 Å². The molecule has 5 nitrogen and oxygen atoms in total. The highest BCUT2D eigenvalue weighted by Crippen LogP contribution is 2.32. The monoisotopic (exact) mass is 374 g/mol. The molecule has 2 aromatic rings. The lowest BCUT2D eigenvalue weighted by molar-refractivity contribution is -0.127. The first-order valence-electron chi connectivity index (χ1n) is 9.91. The van der Waals surface area contributed by atoms with Crippen LogP contribution in [0.1, 0.15) is 30.4 Å². The highest BCUT2D eigenvalue weighted by molar-refractivity contribution is 5.88. The van der Waals surface area contributed by atoms with Crippen molar-refractivity contribution in [3.05, 3.63) is 59.7 Å². The summed E-state index contributed by atoms with van der Waals surface area (Å²) in [7, 11) is 0. The fourth-order valence-corrected chi connectivity index (χ4v) is 3.68. The Bertz CT molecular complexity index is 932. The number of allylic oxidation sites excluding steroid dienone is 1. The van der Waals surface area contributed by atoms with Gasteiger partial charge in [-0.3, -0.25) is 9.79 Å². The Morgan fingerprint density at radius 2 is 2.07 bits per heavy atom. The zero-order valence-electron chi connectivity index (χ0n) is 16.2. The van der Waals surface area contributed by atoms with E-state index in [1.807, 2.05) is 17.2 Å². The number of carbonyl (C=O) groups is 1. The van der Waals surface area contributed by atoms with E-state index < -0.39 is 0 Å². The Kier molecular flexibility index (Phi) is 5.42. The van der Waals surface area contributed by atoms with E-state index in [4.69, 9.17) is 0 Å². The molecular weight excluding hydrogens is 348 g/mol. The Labute approximate surface area is 166 Å². The molecule has 0 spiro atoms. The van der Waals surface area contributed by atoms with Crippen molar-refractivity contribution in [2.75, 3.05) is 30.3 Å². The number of anilines is 2. The molecule has 2 aliphatic rings. The minimum atomic E-state index is 0.269. The largest absolute Gasteiger partial charge is 0.383 e. The molecule has 1 fully saturated rings. The van der Waals surface area contributed by atoms with Crippen LogP contribution in [0.2, 0.25) is 0 Å². The molecule has 1 saturated heterocycles. The van der Waals surface area contributed by atoms with Crippen molar-refractivity contribution in [3.8, 4) is 0 Å². The first-order valence-corrected chi connectivity index (χ1v) is 9.91. The van der Waals surface area contributed by atoms with E-state index in [0.717, 1.165) is 60.8 Å². The van der Waals surface area contributed by atoms with Crippen molar-refractivity contribution >= 4 is 34.9 Å². The SMILES string of the molecule is Cc1cccc(NC2=CCC=Nc3ccc(NCCN4CCCC4=O)cc32)c1. The minimum absolute atomic E-state index is 0.269. The predicted molar refractivity (Wildman–Crippen MR) is 116 cm³/mol. The second-order valence-corrected chi connectivity index (χ2v) is 7.30. The van der Waals surface area contributed by atoms with Crippen molar-refractivity contribution in [1.29, 1.82) is 0 Å². The number of rotatable bonds is 6. The van der Waals surface area contributed by atoms with Crippen LogP contribution in [0, 0.1) is 6.92 Å². The van der Waals surface area contributed by atoms with Gasteiger partial charge in [0.15, 0.2) is 0 Å². The van der Waals surface area contributed by atoms with Gasteiger partial charge in [0.1, 0.15) is 0 Å². The highest BCUT2D eigenvalue weighted by atomic mass is 16.2. The molecule has 4 rings (SSSR count). The lowest BCUT2D eigenvalue weighted by Crippen LogP contribution is -2.29. The predicted octanol–water partition coefficient (Wildman–Crippen LogP) is 4.59. The fourth-order valence-electron chi connectivity index (χ4n) is 3.68. The Balaban J connectivity index is 1.49. The summed E-state index contributed by atoms with van der Waals surface area (Å²) < 4.78 is 0. The second kappa shape index (κ2) is 8.30. The molecule has 0 aliphatic carbocycles. The fraction of sp³-hybridized carbons (Fsp3) is 0.304. The maximum absolute atomic E-state index is 11.8. The summed E-state index contributed by atoms with van der Waals surface area (Å²) >= 11 is 0. The number of nitrogens with one attached hydrogen (secondary N) is 2. The number of aryl methyl sites for hydroxylation is 1. The molecule has 0 bridgehead atoms. The van der Waals surface area contributed by atoms with Gasteiger partial charge in [0.2, 0.25) is 5.91 Å². The number of benzene rings is 2. The highest BCUT2D eigenvalue weighted by Gasteiger charge is 2.19. The van der Waals surface area contributed by atoms with Crippen LogP contribution in [0.15, 0.2) is 53.5 Å². The maximum Gasteiger partial charge on any atom is 0.222 e. The first kappa shape index (κ1) is 18.3. The van der Waals surface area contributed by atoms with Gasteiger partial charge >= 0.3 is 0 Å². The molecule has 2 heterocycles. The molecule has 2 aromatic carbocycles. The van der Waals surface area contributed by atoms with Gasteiger partial charge < -0.3 is 15.5 Å². The van der Waals surface area contributed by atoms with Crippen LogP contribution in [0.3, 0.4) is 0 Å². The number of hydrogen-bond donors (Lipinski definition) is 2. The van der Waals surface area contributed by atoms with E-state index in [9.17, 15) is 4.79 Å². The van der Waals surface area contributed by atoms with Gasteiger partial charge in [-0.15, -0.1) is 0 Å². The van der Waals surface area contributed by atoms with Crippen molar-refractivity contribution in [2.45, 2.75) is 26.2 Å². The van der Waals surface area contributed by atoms with Gasteiger partial charge in [0, 0.05) is 61.3 Å². The third-order valence-electron chi connectivity index (χ3n) is 5.12. The standard InChI is InChI=1S/C23H26N4O/c1-17-5-2-6-19(15-17)26-22-7-3-11-25-21-10-9-18(16-20(21)22)24-12-14-27-13-4-8-23(27)28/h2,5-7,9-11,15-16,24,26H,3-4,8,12-14H2,1H3. The van der Waals surface area contributed by atoms with Crippen LogP contribution in [-0.4, -0.2) is 36.7 Å². The maximum atomic E-state index is 11.8. The lowest BCUT2D eigenvalue weighted by Gasteiger charge is -2.18. The van der Waals surface area contributed by atoms with Crippen molar-refractivity contribution in [3.63, 3.8) is 0 Å². The zero-order chi connectivity index (χ0) is 19.3. The molecule has 1 amide bonds. The van der Waals surface area contributed by atoms with Gasteiger partial charge in [-0.05, 0) is 49.2 Å².